The minimum absolute atomic E-state index is 0.0647. The largest absolute Gasteiger partial charge is 0.484 e. The number of carbonyl (C=O) groups is 1. The smallest absolute Gasteiger partial charge is 0.258 e. The van der Waals surface area contributed by atoms with Gasteiger partial charge >= 0.3 is 0 Å². The SMILES string of the molecule is Cc1ccc(OCC(=O)NC[C@@H](O)c2ccc3c(c2)CCN3C)cc1. The van der Waals surface area contributed by atoms with Gasteiger partial charge in [-0.3, -0.25) is 4.79 Å². The molecule has 3 rings (SSSR count). The number of ether oxygens (including phenoxy) is 1. The molecule has 0 saturated carbocycles. The summed E-state index contributed by atoms with van der Waals surface area (Å²) in [6.07, 6.45) is 0.267. The zero-order valence-corrected chi connectivity index (χ0v) is 14.7. The van der Waals surface area contributed by atoms with Gasteiger partial charge in [-0.2, -0.15) is 0 Å². The molecule has 0 radical (unpaired) electrons. The van der Waals surface area contributed by atoms with Crippen molar-refractivity contribution in [3.05, 3.63) is 59.2 Å². The van der Waals surface area contributed by atoms with E-state index in [1.807, 2.05) is 49.4 Å². The Hall–Kier alpha value is -2.53. The van der Waals surface area contributed by atoms with E-state index in [0.717, 1.165) is 24.1 Å². The molecule has 132 valence electrons. The molecule has 5 nitrogen and oxygen atoms in total. The minimum Gasteiger partial charge on any atom is -0.484 e. The highest BCUT2D eigenvalue weighted by Crippen LogP contribution is 2.29. The summed E-state index contributed by atoms with van der Waals surface area (Å²) in [5.74, 6) is 0.407. The molecule has 25 heavy (non-hydrogen) atoms. The number of benzene rings is 2. The summed E-state index contributed by atoms with van der Waals surface area (Å²) in [4.78, 5) is 14.1. The van der Waals surface area contributed by atoms with Crippen molar-refractivity contribution in [1.29, 1.82) is 0 Å². The lowest BCUT2D eigenvalue weighted by Gasteiger charge is -2.15. The second-order valence-electron chi connectivity index (χ2n) is 6.48. The summed E-state index contributed by atoms with van der Waals surface area (Å²) in [5.41, 5.74) is 4.42. The van der Waals surface area contributed by atoms with Gasteiger partial charge in [0.15, 0.2) is 6.61 Å². The fraction of sp³-hybridized carbons (Fsp3) is 0.350. The first-order valence-electron chi connectivity index (χ1n) is 8.51. The number of hydrogen-bond donors (Lipinski definition) is 2. The Bertz CT molecular complexity index is 743. The molecule has 0 saturated heterocycles. The molecule has 0 unspecified atom stereocenters. The van der Waals surface area contributed by atoms with Crippen LogP contribution in [-0.4, -0.2) is 37.8 Å². The predicted molar refractivity (Wildman–Crippen MR) is 98.1 cm³/mol. The number of anilines is 1. The lowest BCUT2D eigenvalue weighted by Crippen LogP contribution is -2.32. The van der Waals surface area contributed by atoms with Crippen LogP contribution in [0.15, 0.2) is 42.5 Å². The third kappa shape index (κ3) is 4.31. The second kappa shape index (κ2) is 7.57. The number of nitrogens with one attached hydrogen (secondary N) is 1. The van der Waals surface area contributed by atoms with Crippen molar-refractivity contribution in [3.63, 3.8) is 0 Å². The highest BCUT2D eigenvalue weighted by molar-refractivity contribution is 5.77. The van der Waals surface area contributed by atoms with Gasteiger partial charge in [0.1, 0.15) is 5.75 Å². The van der Waals surface area contributed by atoms with Crippen molar-refractivity contribution < 1.29 is 14.6 Å². The van der Waals surface area contributed by atoms with Crippen LogP contribution in [0.25, 0.3) is 0 Å². The molecule has 0 aromatic heterocycles. The van der Waals surface area contributed by atoms with Gasteiger partial charge in [0, 0.05) is 25.8 Å². The van der Waals surface area contributed by atoms with Crippen LogP contribution in [-0.2, 0) is 11.2 Å². The maximum atomic E-state index is 11.9. The van der Waals surface area contributed by atoms with E-state index in [9.17, 15) is 9.90 Å². The molecule has 2 N–H and O–H groups in total. The van der Waals surface area contributed by atoms with Gasteiger partial charge < -0.3 is 20.1 Å². The summed E-state index contributed by atoms with van der Waals surface area (Å²) in [6.45, 7) is 3.10. The molecule has 0 aliphatic carbocycles. The zero-order valence-electron chi connectivity index (χ0n) is 14.7. The molecule has 1 aliphatic heterocycles. The Morgan fingerprint density at radius 3 is 2.80 bits per heavy atom. The number of likely N-dealkylation sites (N-methyl/N-ethyl adjacent to an activating group) is 1. The van der Waals surface area contributed by atoms with E-state index in [1.165, 1.54) is 11.3 Å². The first kappa shape index (κ1) is 17.3. The van der Waals surface area contributed by atoms with Crippen LogP contribution in [0.1, 0.15) is 22.8 Å². The predicted octanol–water partition coefficient (Wildman–Crippen LogP) is 2.22. The van der Waals surface area contributed by atoms with Gasteiger partial charge in [0.05, 0.1) is 6.10 Å². The standard InChI is InChI=1S/C20H24N2O3/c1-14-3-6-17(7-4-14)25-13-20(24)21-12-19(23)16-5-8-18-15(11-16)9-10-22(18)2/h3-8,11,19,23H,9-10,12-13H2,1-2H3,(H,21,24)/t19-/m1/s1. The Balaban J connectivity index is 1.47. The lowest BCUT2D eigenvalue weighted by molar-refractivity contribution is -0.123. The van der Waals surface area contributed by atoms with Gasteiger partial charge in [-0.1, -0.05) is 29.8 Å². The van der Waals surface area contributed by atoms with Gasteiger partial charge in [-0.05, 0) is 42.7 Å². The number of nitrogens with zero attached hydrogens (tertiary/aromatic N) is 1. The Morgan fingerprint density at radius 2 is 2.04 bits per heavy atom. The number of aliphatic hydroxyl groups is 1. The summed E-state index contributed by atoms with van der Waals surface area (Å²) in [5, 5.41) is 13.0. The maximum absolute atomic E-state index is 11.9. The first-order chi connectivity index (χ1) is 12.0. The molecule has 5 heteroatoms. The van der Waals surface area contributed by atoms with Gasteiger partial charge in [-0.25, -0.2) is 0 Å². The van der Waals surface area contributed by atoms with E-state index in [-0.39, 0.29) is 19.1 Å². The molecule has 1 heterocycles. The monoisotopic (exact) mass is 340 g/mol. The molecule has 2 aromatic carbocycles. The Labute approximate surface area is 148 Å². The average molecular weight is 340 g/mol. The molecule has 1 atom stereocenters. The van der Waals surface area contributed by atoms with Crippen LogP contribution >= 0.6 is 0 Å². The molecule has 1 amide bonds. The van der Waals surface area contributed by atoms with Gasteiger partial charge in [0.2, 0.25) is 0 Å². The number of rotatable bonds is 6. The fourth-order valence-electron chi connectivity index (χ4n) is 2.96. The minimum atomic E-state index is -0.723. The third-order valence-electron chi connectivity index (χ3n) is 4.50. The Kier molecular flexibility index (Phi) is 5.24. The normalized spacial score (nSPS) is 14.1. The van der Waals surface area contributed by atoms with E-state index in [2.05, 4.69) is 17.3 Å². The second-order valence-corrected chi connectivity index (χ2v) is 6.48. The lowest BCUT2D eigenvalue weighted by atomic mass is 10.0. The van der Waals surface area contributed by atoms with Crippen molar-refractivity contribution >= 4 is 11.6 Å². The van der Waals surface area contributed by atoms with Gasteiger partial charge in [-0.15, -0.1) is 0 Å². The quantitative estimate of drug-likeness (QED) is 0.846. The Morgan fingerprint density at radius 1 is 1.28 bits per heavy atom. The molecular weight excluding hydrogens is 316 g/mol. The zero-order chi connectivity index (χ0) is 17.8. The highest BCUT2D eigenvalue weighted by Gasteiger charge is 2.18. The van der Waals surface area contributed by atoms with Crippen molar-refractivity contribution in [2.45, 2.75) is 19.4 Å². The number of aliphatic hydroxyl groups excluding tert-OH is 1. The summed E-state index contributed by atoms with van der Waals surface area (Å²) >= 11 is 0. The van der Waals surface area contributed by atoms with Crippen LogP contribution in [0.4, 0.5) is 5.69 Å². The van der Waals surface area contributed by atoms with Crippen LogP contribution in [0, 0.1) is 6.92 Å². The van der Waals surface area contributed by atoms with Crippen LogP contribution in [0.3, 0.4) is 0 Å². The summed E-state index contributed by atoms with van der Waals surface area (Å²) in [6, 6.07) is 13.5. The summed E-state index contributed by atoms with van der Waals surface area (Å²) in [7, 11) is 2.07. The number of amides is 1. The highest BCUT2D eigenvalue weighted by atomic mass is 16.5. The van der Waals surface area contributed by atoms with E-state index in [4.69, 9.17) is 4.74 Å². The molecule has 1 aliphatic rings. The van der Waals surface area contributed by atoms with Crippen molar-refractivity contribution in [2.24, 2.45) is 0 Å². The van der Waals surface area contributed by atoms with Crippen molar-refractivity contribution in [3.8, 4) is 5.75 Å². The first-order valence-corrected chi connectivity index (χ1v) is 8.51. The third-order valence-corrected chi connectivity index (χ3v) is 4.50. The number of hydrogen-bond acceptors (Lipinski definition) is 4. The van der Waals surface area contributed by atoms with Gasteiger partial charge in [0.25, 0.3) is 5.91 Å². The molecule has 0 bridgehead atoms. The molecule has 2 aromatic rings. The molecule has 0 spiro atoms. The number of fused-ring (bicyclic) bond motifs is 1. The van der Waals surface area contributed by atoms with Crippen molar-refractivity contribution in [1.82, 2.24) is 5.32 Å². The number of carbonyl (C=O) groups excluding carboxylic acids is 1. The molecule has 0 fully saturated rings. The van der Waals surface area contributed by atoms with Crippen LogP contribution < -0.4 is 15.0 Å². The van der Waals surface area contributed by atoms with Crippen LogP contribution in [0.5, 0.6) is 5.75 Å². The van der Waals surface area contributed by atoms with E-state index in [1.54, 1.807) is 0 Å². The average Bonchev–Trinajstić information content (AvgIpc) is 2.99. The summed E-state index contributed by atoms with van der Waals surface area (Å²) < 4.78 is 5.43. The van der Waals surface area contributed by atoms with E-state index >= 15 is 0 Å². The maximum Gasteiger partial charge on any atom is 0.258 e. The molecular formula is C20H24N2O3. The number of aryl methyl sites for hydroxylation is 1. The van der Waals surface area contributed by atoms with Crippen LogP contribution in [0.2, 0.25) is 0 Å². The van der Waals surface area contributed by atoms with E-state index < -0.39 is 6.10 Å². The van der Waals surface area contributed by atoms with E-state index in [0.29, 0.717) is 5.75 Å². The fourth-order valence-corrected chi connectivity index (χ4v) is 2.96. The topological polar surface area (TPSA) is 61.8 Å². The van der Waals surface area contributed by atoms with Crippen molar-refractivity contribution in [2.75, 3.05) is 31.6 Å².